The Labute approximate surface area is 114 Å². The van der Waals surface area contributed by atoms with E-state index >= 15 is 0 Å². The highest BCUT2D eigenvalue weighted by molar-refractivity contribution is 7.89. The molecule has 0 spiro atoms. The average Bonchev–Trinajstić information content (AvgIpc) is 2.21. The third kappa shape index (κ3) is 4.26. The zero-order valence-corrected chi connectivity index (χ0v) is 12.8. The lowest BCUT2D eigenvalue weighted by molar-refractivity contribution is 0.491. The second-order valence-electron chi connectivity index (χ2n) is 5.60. The van der Waals surface area contributed by atoms with E-state index in [9.17, 15) is 12.8 Å². The van der Waals surface area contributed by atoms with E-state index in [0.717, 1.165) is 0 Å². The first-order valence-corrected chi connectivity index (χ1v) is 7.53. The van der Waals surface area contributed by atoms with Crippen molar-refractivity contribution in [2.45, 2.75) is 44.7 Å². The summed E-state index contributed by atoms with van der Waals surface area (Å²) in [5.74, 6) is -0.371. The molecule has 0 aliphatic carbocycles. The van der Waals surface area contributed by atoms with Gasteiger partial charge in [0.15, 0.2) is 0 Å². The van der Waals surface area contributed by atoms with Gasteiger partial charge in [-0.1, -0.05) is 0 Å². The summed E-state index contributed by atoms with van der Waals surface area (Å²) in [7, 11) is -1.96. The Kier molecular flexibility index (Phi) is 4.71. The molecule has 0 fully saturated rings. The molecule has 0 atom stereocenters. The Morgan fingerprint density at radius 2 is 1.84 bits per heavy atom. The minimum Gasteiger partial charge on any atom is -0.316 e. The van der Waals surface area contributed by atoms with Crippen LogP contribution in [0.1, 0.15) is 31.9 Å². The van der Waals surface area contributed by atoms with Gasteiger partial charge in [-0.15, -0.1) is 0 Å². The Hall–Kier alpha value is -0.980. The van der Waals surface area contributed by atoms with Gasteiger partial charge in [0.25, 0.3) is 0 Å². The Morgan fingerprint density at radius 1 is 1.26 bits per heavy atom. The van der Waals surface area contributed by atoms with Crippen LogP contribution in [0, 0.1) is 12.7 Å². The number of rotatable bonds is 4. The highest BCUT2D eigenvalue weighted by Crippen LogP contribution is 2.20. The maximum absolute atomic E-state index is 13.8. The van der Waals surface area contributed by atoms with Crippen molar-refractivity contribution >= 4 is 10.0 Å². The van der Waals surface area contributed by atoms with Crippen molar-refractivity contribution in [1.29, 1.82) is 0 Å². The molecule has 19 heavy (non-hydrogen) atoms. The lowest BCUT2D eigenvalue weighted by Gasteiger charge is -2.21. The maximum Gasteiger partial charge on any atom is 0.241 e. The molecular formula is C13H21FN2O2S. The Morgan fingerprint density at radius 3 is 2.32 bits per heavy atom. The Bertz CT molecular complexity index is 563. The molecule has 0 radical (unpaired) electrons. The van der Waals surface area contributed by atoms with E-state index in [1.165, 1.54) is 12.1 Å². The summed E-state index contributed by atoms with van der Waals surface area (Å²) in [6.07, 6.45) is 0. The quantitative estimate of drug-likeness (QED) is 0.890. The van der Waals surface area contributed by atoms with Crippen LogP contribution >= 0.6 is 0 Å². The summed E-state index contributed by atoms with van der Waals surface area (Å²) in [4.78, 5) is 0.0894. The van der Waals surface area contributed by atoms with Gasteiger partial charge < -0.3 is 5.32 Å². The standard InChI is InChI=1S/C13H21FN2O2S/c1-9-6-11(7-10(8-15-5)12(9)14)19(17,18)16-13(2,3)4/h6-7,15-16H,8H2,1-5H3. The number of hydrogen-bond donors (Lipinski definition) is 2. The van der Waals surface area contributed by atoms with Crippen LogP contribution in [0.3, 0.4) is 0 Å². The topological polar surface area (TPSA) is 58.2 Å². The molecule has 4 nitrogen and oxygen atoms in total. The zero-order valence-electron chi connectivity index (χ0n) is 12.0. The molecule has 0 heterocycles. The van der Waals surface area contributed by atoms with Gasteiger partial charge in [-0.2, -0.15) is 0 Å². The van der Waals surface area contributed by atoms with E-state index < -0.39 is 15.6 Å². The monoisotopic (exact) mass is 288 g/mol. The van der Waals surface area contributed by atoms with E-state index in [4.69, 9.17) is 0 Å². The molecule has 0 aliphatic rings. The summed E-state index contributed by atoms with van der Waals surface area (Å²) < 4.78 is 40.8. The highest BCUT2D eigenvalue weighted by Gasteiger charge is 2.23. The first-order valence-electron chi connectivity index (χ1n) is 6.04. The van der Waals surface area contributed by atoms with Gasteiger partial charge in [0.05, 0.1) is 4.90 Å². The summed E-state index contributed by atoms with van der Waals surface area (Å²) in [5.41, 5.74) is 0.0865. The average molecular weight is 288 g/mol. The first kappa shape index (κ1) is 16.1. The second-order valence-corrected chi connectivity index (χ2v) is 7.28. The normalized spacial score (nSPS) is 12.7. The van der Waals surface area contributed by atoms with Crippen LogP contribution in [0.25, 0.3) is 0 Å². The van der Waals surface area contributed by atoms with Crippen LogP contribution in [0.15, 0.2) is 17.0 Å². The second kappa shape index (κ2) is 5.56. The molecule has 1 rings (SSSR count). The smallest absolute Gasteiger partial charge is 0.241 e. The molecule has 0 amide bonds. The van der Waals surface area contributed by atoms with E-state index in [1.54, 1.807) is 34.7 Å². The van der Waals surface area contributed by atoms with Crippen LogP contribution in [-0.2, 0) is 16.6 Å². The van der Waals surface area contributed by atoms with Crippen LogP contribution < -0.4 is 10.0 Å². The van der Waals surface area contributed by atoms with Gasteiger partial charge >= 0.3 is 0 Å². The molecule has 1 aromatic rings. The van der Waals surface area contributed by atoms with Gasteiger partial charge in [0.1, 0.15) is 5.82 Å². The predicted molar refractivity (Wildman–Crippen MR) is 74.0 cm³/mol. The molecule has 6 heteroatoms. The number of benzene rings is 1. The molecule has 0 unspecified atom stereocenters. The van der Waals surface area contributed by atoms with Gasteiger partial charge in [-0.05, 0) is 52.4 Å². The molecule has 0 aliphatic heterocycles. The molecule has 108 valence electrons. The number of halogens is 1. The number of nitrogens with one attached hydrogen (secondary N) is 2. The minimum absolute atomic E-state index is 0.0894. The molecular weight excluding hydrogens is 267 g/mol. The summed E-state index contributed by atoms with van der Waals surface area (Å²) in [5, 5.41) is 2.82. The molecule has 0 aromatic heterocycles. The van der Waals surface area contributed by atoms with Crippen molar-refractivity contribution in [1.82, 2.24) is 10.0 Å². The molecule has 0 bridgehead atoms. The lowest BCUT2D eigenvalue weighted by Crippen LogP contribution is -2.40. The lowest BCUT2D eigenvalue weighted by atomic mass is 10.1. The molecule has 2 N–H and O–H groups in total. The fourth-order valence-electron chi connectivity index (χ4n) is 1.74. The van der Waals surface area contributed by atoms with Crippen molar-refractivity contribution in [3.63, 3.8) is 0 Å². The summed E-state index contributed by atoms with van der Waals surface area (Å²) in [6.45, 7) is 7.12. The SMILES string of the molecule is CNCc1cc(S(=O)(=O)NC(C)(C)C)cc(C)c1F. The fraction of sp³-hybridized carbons (Fsp3) is 0.538. The minimum atomic E-state index is -3.64. The van der Waals surface area contributed by atoms with Crippen LogP contribution in [-0.4, -0.2) is 21.0 Å². The highest BCUT2D eigenvalue weighted by atomic mass is 32.2. The van der Waals surface area contributed by atoms with E-state index in [2.05, 4.69) is 10.0 Å². The van der Waals surface area contributed by atoms with E-state index in [0.29, 0.717) is 11.1 Å². The van der Waals surface area contributed by atoms with Crippen molar-refractivity contribution < 1.29 is 12.8 Å². The van der Waals surface area contributed by atoms with Crippen LogP contribution in [0.4, 0.5) is 4.39 Å². The molecule has 1 aromatic carbocycles. The summed E-state index contributed by atoms with van der Waals surface area (Å²) in [6, 6.07) is 2.72. The molecule has 0 saturated heterocycles. The van der Waals surface area contributed by atoms with Gasteiger partial charge in [-0.3, -0.25) is 0 Å². The van der Waals surface area contributed by atoms with E-state index in [1.807, 2.05) is 0 Å². The number of sulfonamides is 1. The van der Waals surface area contributed by atoms with Crippen molar-refractivity contribution in [2.75, 3.05) is 7.05 Å². The van der Waals surface area contributed by atoms with Gasteiger partial charge in [-0.25, -0.2) is 17.5 Å². The van der Waals surface area contributed by atoms with Gasteiger partial charge in [0.2, 0.25) is 10.0 Å². The Balaban J connectivity index is 3.28. The fourth-order valence-corrected chi connectivity index (χ4v) is 3.30. The largest absolute Gasteiger partial charge is 0.316 e. The first-order chi connectivity index (χ1) is 8.57. The molecule has 0 saturated carbocycles. The van der Waals surface area contributed by atoms with Crippen molar-refractivity contribution in [3.8, 4) is 0 Å². The predicted octanol–water partition coefficient (Wildman–Crippen LogP) is 1.93. The third-order valence-electron chi connectivity index (χ3n) is 2.42. The maximum atomic E-state index is 13.8. The van der Waals surface area contributed by atoms with E-state index in [-0.39, 0.29) is 17.3 Å². The van der Waals surface area contributed by atoms with Crippen LogP contribution in [0.5, 0.6) is 0 Å². The number of hydrogen-bond acceptors (Lipinski definition) is 3. The number of aryl methyl sites for hydroxylation is 1. The van der Waals surface area contributed by atoms with Crippen LogP contribution in [0.2, 0.25) is 0 Å². The zero-order chi connectivity index (χ0) is 14.8. The summed E-state index contributed by atoms with van der Waals surface area (Å²) >= 11 is 0. The van der Waals surface area contributed by atoms with Gasteiger partial charge in [0, 0.05) is 17.6 Å². The van der Waals surface area contributed by atoms with Crippen molar-refractivity contribution in [3.05, 3.63) is 29.1 Å². The third-order valence-corrected chi connectivity index (χ3v) is 4.16. The van der Waals surface area contributed by atoms with Crippen molar-refractivity contribution in [2.24, 2.45) is 0 Å².